The first-order valence-electron chi connectivity index (χ1n) is 10.0. The van der Waals surface area contributed by atoms with Gasteiger partial charge in [0.25, 0.3) is 5.91 Å². The molecule has 152 valence electrons. The predicted octanol–water partition coefficient (Wildman–Crippen LogP) is 3.30. The van der Waals surface area contributed by atoms with E-state index in [-0.39, 0.29) is 18.4 Å². The highest BCUT2D eigenvalue weighted by Gasteiger charge is 2.21. The van der Waals surface area contributed by atoms with Gasteiger partial charge in [0.1, 0.15) is 23.8 Å². The molecule has 8 heteroatoms. The number of rotatable bonds is 4. The third-order valence-corrected chi connectivity index (χ3v) is 5.16. The van der Waals surface area contributed by atoms with Gasteiger partial charge in [-0.25, -0.2) is 9.67 Å². The lowest BCUT2D eigenvalue weighted by molar-refractivity contribution is -0.116. The summed E-state index contributed by atoms with van der Waals surface area (Å²) in [7, 11) is 0. The Hall–Kier alpha value is -3.16. The van der Waals surface area contributed by atoms with Crippen LogP contribution in [0.1, 0.15) is 47.9 Å². The first-order valence-corrected chi connectivity index (χ1v) is 10.0. The summed E-state index contributed by atoms with van der Waals surface area (Å²) in [6.45, 7) is 5.25. The molecule has 1 aromatic carbocycles. The molecule has 8 nitrogen and oxygen atoms in total. The predicted molar refractivity (Wildman–Crippen MR) is 109 cm³/mol. The van der Waals surface area contributed by atoms with Gasteiger partial charge < -0.3 is 14.6 Å². The number of carbonyl (C=O) groups excluding carboxylic acids is 2. The number of nitrogens with one attached hydrogen (secondary N) is 1. The molecule has 1 saturated heterocycles. The van der Waals surface area contributed by atoms with Gasteiger partial charge in [0.05, 0.1) is 0 Å². The van der Waals surface area contributed by atoms with E-state index in [0.717, 1.165) is 31.3 Å². The highest BCUT2D eigenvalue weighted by atomic mass is 16.3. The van der Waals surface area contributed by atoms with E-state index in [0.29, 0.717) is 28.7 Å². The molecule has 0 spiro atoms. The molecule has 3 aromatic rings. The third kappa shape index (κ3) is 4.31. The lowest BCUT2D eigenvalue weighted by Crippen LogP contribution is -2.31. The maximum Gasteiger partial charge on any atom is 0.289 e. The first kappa shape index (κ1) is 19.2. The topological polar surface area (TPSA) is 93.3 Å². The molecular formula is C21H25N5O3. The van der Waals surface area contributed by atoms with Gasteiger partial charge >= 0.3 is 0 Å². The van der Waals surface area contributed by atoms with E-state index in [1.165, 1.54) is 12.8 Å². The largest absolute Gasteiger partial charge is 0.451 e. The molecule has 0 saturated carbocycles. The summed E-state index contributed by atoms with van der Waals surface area (Å²) in [5, 5.41) is 7.85. The second kappa shape index (κ2) is 8.06. The Bertz CT molecular complexity index is 1040. The van der Waals surface area contributed by atoms with Crippen molar-refractivity contribution in [2.24, 2.45) is 0 Å². The van der Waals surface area contributed by atoms with Crippen molar-refractivity contribution in [2.45, 2.75) is 46.1 Å². The lowest BCUT2D eigenvalue weighted by Gasteiger charge is -2.18. The molecule has 0 atom stereocenters. The Kier molecular flexibility index (Phi) is 5.33. The number of anilines is 1. The van der Waals surface area contributed by atoms with Gasteiger partial charge in [-0.2, -0.15) is 5.10 Å². The van der Waals surface area contributed by atoms with Crippen molar-refractivity contribution < 1.29 is 14.0 Å². The fraction of sp³-hybridized carbons (Fsp3) is 0.429. The van der Waals surface area contributed by atoms with E-state index >= 15 is 0 Å². The molecule has 2 amide bonds. The van der Waals surface area contributed by atoms with Gasteiger partial charge in [-0.15, -0.1) is 0 Å². The van der Waals surface area contributed by atoms with E-state index in [9.17, 15) is 9.59 Å². The molecule has 1 fully saturated rings. The van der Waals surface area contributed by atoms with Gasteiger partial charge in [-0.3, -0.25) is 9.59 Å². The standard InChI is InChI=1S/C21H25N5O3/c1-14-22-15(2)26(24-14)13-20(27)23-17-7-8-18-16(11-17)12-19(29-18)21(28)25-9-5-3-4-6-10-25/h7-8,11-12H,3-6,9-10,13H2,1-2H3,(H,23,27). The van der Waals surface area contributed by atoms with Gasteiger partial charge in [-0.05, 0) is 51.0 Å². The minimum Gasteiger partial charge on any atom is -0.451 e. The van der Waals surface area contributed by atoms with Crippen molar-refractivity contribution in [3.63, 3.8) is 0 Å². The number of aromatic nitrogens is 3. The number of aryl methyl sites for hydroxylation is 2. The fourth-order valence-corrected chi connectivity index (χ4v) is 3.70. The Morgan fingerprint density at radius 3 is 2.55 bits per heavy atom. The zero-order valence-electron chi connectivity index (χ0n) is 16.8. The molecular weight excluding hydrogens is 370 g/mol. The molecule has 29 heavy (non-hydrogen) atoms. The number of fused-ring (bicyclic) bond motifs is 1. The van der Waals surface area contributed by atoms with Crippen LogP contribution in [-0.4, -0.2) is 44.6 Å². The van der Waals surface area contributed by atoms with Crippen LogP contribution in [0.25, 0.3) is 11.0 Å². The number of benzene rings is 1. The Morgan fingerprint density at radius 1 is 1.10 bits per heavy atom. The van der Waals surface area contributed by atoms with Crippen LogP contribution >= 0.6 is 0 Å². The summed E-state index contributed by atoms with van der Waals surface area (Å²) in [4.78, 5) is 31.2. The molecule has 1 aliphatic heterocycles. The maximum absolute atomic E-state index is 12.8. The van der Waals surface area contributed by atoms with Crippen molar-refractivity contribution in [1.82, 2.24) is 19.7 Å². The monoisotopic (exact) mass is 395 g/mol. The number of carbonyl (C=O) groups is 2. The first-order chi connectivity index (χ1) is 14.0. The number of hydrogen-bond donors (Lipinski definition) is 1. The Labute approximate surface area is 168 Å². The molecule has 1 aliphatic rings. The number of furan rings is 1. The van der Waals surface area contributed by atoms with E-state index in [1.54, 1.807) is 29.8 Å². The molecule has 2 aromatic heterocycles. The van der Waals surface area contributed by atoms with Crippen LogP contribution in [0.3, 0.4) is 0 Å². The zero-order valence-corrected chi connectivity index (χ0v) is 16.8. The van der Waals surface area contributed by atoms with E-state index in [2.05, 4.69) is 15.4 Å². The molecule has 4 rings (SSSR count). The normalized spacial score (nSPS) is 14.8. The fourth-order valence-electron chi connectivity index (χ4n) is 3.70. The van der Waals surface area contributed by atoms with E-state index in [4.69, 9.17) is 4.42 Å². The molecule has 1 N–H and O–H groups in total. The summed E-state index contributed by atoms with van der Waals surface area (Å²) in [5.74, 6) is 1.42. The van der Waals surface area contributed by atoms with E-state index < -0.39 is 0 Å². The summed E-state index contributed by atoms with van der Waals surface area (Å²) in [6, 6.07) is 7.11. The van der Waals surface area contributed by atoms with Gasteiger partial charge in [0.2, 0.25) is 5.91 Å². The SMILES string of the molecule is Cc1nc(C)n(CC(=O)Nc2ccc3oc(C(=O)N4CCCCCC4)cc3c2)n1. The lowest BCUT2D eigenvalue weighted by atomic mass is 10.2. The summed E-state index contributed by atoms with van der Waals surface area (Å²) >= 11 is 0. The van der Waals surface area contributed by atoms with E-state index in [1.807, 2.05) is 17.9 Å². The molecule has 3 heterocycles. The van der Waals surface area contributed by atoms with Crippen LogP contribution < -0.4 is 5.32 Å². The highest BCUT2D eigenvalue weighted by molar-refractivity contribution is 5.98. The Morgan fingerprint density at radius 2 is 1.86 bits per heavy atom. The minimum absolute atomic E-state index is 0.0642. The maximum atomic E-state index is 12.8. The minimum atomic E-state index is -0.193. The van der Waals surface area contributed by atoms with Crippen LogP contribution in [0.5, 0.6) is 0 Å². The number of hydrogen-bond acceptors (Lipinski definition) is 5. The number of likely N-dealkylation sites (tertiary alicyclic amines) is 1. The molecule has 0 aliphatic carbocycles. The summed E-state index contributed by atoms with van der Waals surface area (Å²) in [5.41, 5.74) is 1.27. The van der Waals surface area contributed by atoms with Crippen LogP contribution in [0.4, 0.5) is 5.69 Å². The average molecular weight is 395 g/mol. The van der Waals surface area contributed by atoms with Crippen LogP contribution in [0, 0.1) is 13.8 Å². The van der Waals surface area contributed by atoms with Crippen molar-refractivity contribution in [2.75, 3.05) is 18.4 Å². The second-order valence-electron chi connectivity index (χ2n) is 7.48. The van der Waals surface area contributed by atoms with Crippen molar-refractivity contribution >= 4 is 28.5 Å². The number of nitrogens with zero attached hydrogens (tertiary/aromatic N) is 4. The summed E-state index contributed by atoms with van der Waals surface area (Å²) < 4.78 is 7.34. The van der Waals surface area contributed by atoms with Crippen molar-refractivity contribution in [1.29, 1.82) is 0 Å². The van der Waals surface area contributed by atoms with Gasteiger partial charge in [0.15, 0.2) is 5.76 Å². The van der Waals surface area contributed by atoms with Gasteiger partial charge in [0, 0.05) is 24.2 Å². The third-order valence-electron chi connectivity index (χ3n) is 5.16. The van der Waals surface area contributed by atoms with Crippen LogP contribution in [0.2, 0.25) is 0 Å². The van der Waals surface area contributed by atoms with Gasteiger partial charge in [-0.1, -0.05) is 12.8 Å². The number of amides is 2. The smallest absolute Gasteiger partial charge is 0.289 e. The zero-order chi connectivity index (χ0) is 20.4. The van der Waals surface area contributed by atoms with Crippen molar-refractivity contribution in [3.05, 3.63) is 41.7 Å². The Balaban J connectivity index is 1.47. The van der Waals surface area contributed by atoms with Crippen LogP contribution in [-0.2, 0) is 11.3 Å². The summed E-state index contributed by atoms with van der Waals surface area (Å²) in [6.07, 6.45) is 4.40. The molecule has 0 bridgehead atoms. The quantitative estimate of drug-likeness (QED) is 0.732. The molecule has 0 unspecified atom stereocenters. The molecule has 0 radical (unpaired) electrons. The second-order valence-corrected chi connectivity index (χ2v) is 7.48. The van der Waals surface area contributed by atoms with Crippen molar-refractivity contribution in [3.8, 4) is 0 Å². The highest BCUT2D eigenvalue weighted by Crippen LogP contribution is 2.25. The average Bonchev–Trinajstić information content (AvgIpc) is 3.11. The van der Waals surface area contributed by atoms with Crippen LogP contribution in [0.15, 0.2) is 28.7 Å².